The molecule has 0 bridgehead atoms. The molecule has 4 rings (SSSR count). The van der Waals surface area contributed by atoms with Crippen molar-refractivity contribution in [1.29, 1.82) is 0 Å². The van der Waals surface area contributed by atoms with Crippen LogP contribution in [0.1, 0.15) is 46.4 Å². The van der Waals surface area contributed by atoms with Gasteiger partial charge in [0.1, 0.15) is 17.2 Å². The van der Waals surface area contributed by atoms with Crippen LogP contribution in [0, 0.1) is 18.6 Å². The average Bonchev–Trinajstić information content (AvgIpc) is 3.18. The van der Waals surface area contributed by atoms with Gasteiger partial charge in [-0.05, 0) is 63.1 Å². The molecule has 0 unspecified atom stereocenters. The van der Waals surface area contributed by atoms with E-state index in [1.807, 2.05) is 32.0 Å². The first-order chi connectivity index (χ1) is 15.6. The number of benzene rings is 2. The number of rotatable bonds is 5. The van der Waals surface area contributed by atoms with E-state index in [2.05, 4.69) is 25.2 Å². The summed E-state index contributed by atoms with van der Waals surface area (Å²) in [6, 6.07) is 9.45. The monoisotopic (exact) mass is 469 g/mol. The molecule has 7 heteroatoms. The Labute approximate surface area is 195 Å². The van der Waals surface area contributed by atoms with Crippen LogP contribution >= 0.6 is 11.3 Å². The van der Waals surface area contributed by atoms with Gasteiger partial charge >= 0.3 is 5.97 Å². The number of carbonyl (C=O) groups is 1. The number of allylic oxidation sites excluding steroid dienone is 1. The first-order valence-electron chi connectivity index (χ1n) is 10.5. The zero-order valence-electron chi connectivity index (χ0n) is 19.1. The van der Waals surface area contributed by atoms with Crippen LogP contribution in [0.15, 0.2) is 42.5 Å². The van der Waals surface area contributed by atoms with E-state index in [0.717, 1.165) is 33.8 Å². The fraction of sp³-hybridized carbons (Fsp3) is 0.269. The van der Waals surface area contributed by atoms with Crippen molar-refractivity contribution >= 4 is 28.6 Å². The third kappa shape index (κ3) is 4.50. The molecule has 0 saturated heterocycles. The van der Waals surface area contributed by atoms with Crippen LogP contribution < -0.4 is 10.1 Å². The molecule has 0 radical (unpaired) electrons. The molecule has 2 heterocycles. The second-order valence-corrected chi connectivity index (χ2v) is 9.93. The Balaban J connectivity index is 1.85. The van der Waals surface area contributed by atoms with Crippen molar-refractivity contribution in [3.63, 3.8) is 0 Å². The van der Waals surface area contributed by atoms with E-state index in [9.17, 15) is 13.6 Å². The van der Waals surface area contributed by atoms with E-state index >= 15 is 0 Å². The van der Waals surface area contributed by atoms with Crippen LogP contribution in [-0.4, -0.2) is 18.6 Å². The number of anilines is 1. The van der Waals surface area contributed by atoms with Crippen LogP contribution in [0.4, 0.5) is 14.5 Å². The van der Waals surface area contributed by atoms with Gasteiger partial charge < -0.3 is 14.8 Å². The highest BCUT2D eigenvalue weighted by atomic mass is 32.1. The fourth-order valence-electron chi connectivity index (χ4n) is 4.26. The molecule has 172 valence electrons. The van der Waals surface area contributed by atoms with Gasteiger partial charge in [-0.25, -0.2) is 13.6 Å². The number of methoxy groups -OCH3 is 1. The topological polar surface area (TPSA) is 47.6 Å². The maximum absolute atomic E-state index is 14.2. The summed E-state index contributed by atoms with van der Waals surface area (Å²) < 4.78 is 39.2. The Morgan fingerprint density at radius 1 is 1.06 bits per heavy atom. The lowest BCUT2D eigenvalue weighted by Crippen LogP contribution is -2.32. The standard InChI is InChI=1S/C26H25F2NO3S/c1-14-12-26(3,4)29-21-8-7-16(17-10-19(27)20(28)11-22(17)31-5)18(24(14)21)13-32-25(30)23-9-6-15(2)33-23/h6-12,29H,13H2,1-5H3. The van der Waals surface area contributed by atoms with Crippen molar-refractivity contribution in [3.8, 4) is 16.9 Å². The molecule has 0 aliphatic carbocycles. The summed E-state index contributed by atoms with van der Waals surface area (Å²) in [6.45, 7) is 7.99. The van der Waals surface area contributed by atoms with Gasteiger partial charge in [-0.2, -0.15) is 0 Å². The quantitative estimate of drug-likeness (QED) is 0.410. The number of fused-ring (bicyclic) bond motifs is 1. The predicted molar refractivity (Wildman–Crippen MR) is 128 cm³/mol. The minimum Gasteiger partial charge on any atom is -0.496 e. The molecule has 1 aliphatic rings. The summed E-state index contributed by atoms with van der Waals surface area (Å²) in [5, 5.41) is 3.48. The minimum absolute atomic E-state index is 0.0380. The highest BCUT2D eigenvalue weighted by molar-refractivity contribution is 7.13. The summed E-state index contributed by atoms with van der Waals surface area (Å²) in [4.78, 5) is 14.2. The molecule has 1 N–H and O–H groups in total. The first kappa shape index (κ1) is 23.0. The van der Waals surface area contributed by atoms with Gasteiger partial charge in [0, 0.05) is 33.3 Å². The van der Waals surface area contributed by atoms with Crippen LogP contribution in [0.2, 0.25) is 0 Å². The Kier molecular flexibility index (Phi) is 6.01. The number of halogens is 2. The molecular formula is C26H25F2NO3S. The summed E-state index contributed by atoms with van der Waals surface area (Å²) in [6.07, 6.45) is 2.09. The molecule has 0 spiro atoms. The van der Waals surface area contributed by atoms with E-state index < -0.39 is 17.6 Å². The zero-order valence-corrected chi connectivity index (χ0v) is 20.0. The third-order valence-corrected chi connectivity index (χ3v) is 6.54. The molecule has 0 fully saturated rings. The molecular weight excluding hydrogens is 444 g/mol. The van der Waals surface area contributed by atoms with Gasteiger partial charge in [0.15, 0.2) is 11.6 Å². The zero-order chi connectivity index (χ0) is 23.9. The second-order valence-electron chi connectivity index (χ2n) is 8.64. The summed E-state index contributed by atoms with van der Waals surface area (Å²) in [5.74, 6) is -2.21. The van der Waals surface area contributed by atoms with Gasteiger partial charge in [-0.15, -0.1) is 11.3 Å². The van der Waals surface area contributed by atoms with E-state index in [-0.39, 0.29) is 17.9 Å². The Bertz CT molecular complexity index is 1280. The van der Waals surface area contributed by atoms with Gasteiger partial charge in [-0.3, -0.25) is 0 Å². The minimum atomic E-state index is -0.992. The van der Waals surface area contributed by atoms with E-state index in [0.29, 0.717) is 21.6 Å². The maximum Gasteiger partial charge on any atom is 0.348 e. The maximum atomic E-state index is 14.2. The largest absolute Gasteiger partial charge is 0.496 e. The van der Waals surface area contributed by atoms with Gasteiger partial charge in [-0.1, -0.05) is 12.1 Å². The Morgan fingerprint density at radius 2 is 1.79 bits per heavy atom. The number of aryl methyl sites for hydroxylation is 1. The van der Waals surface area contributed by atoms with E-state index in [1.54, 1.807) is 6.07 Å². The number of hydrogen-bond donors (Lipinski definition) is 1. The van der Waals surface area contributed by atoms with Crippen molar-refractivity contribution in [2.75, 3.05) is 12.4 Å². The van der Waals surface area contributed by atoms with E-state index in [4.69, 9.17) is 9.47 Å². The number of nitrogens with one attached hydrogen (secondary N) is 1. The van der Waals surface area contributed by atoms with Crippen molar-refractivity contribution < 1.29 is 23.0 Å². The molecule has 3 aromatic rings. The van der Waals surface area contributed by atoms with Crippen LogP contribution in [0.5, 0.6) is 5.75 Å². The predicted octanol–water partition coefficient (Wildman–Crippen LogP) is 6.97. The van der Waals surface area contributed by atoms with Crippen LogP contribution in [0.25, 0.3) is 16.7 Å². The fourth-order valence-corrected chi connectivity index (χ4v) is 5.02. The number of carbonyl (C=O) groups excluding carboxylic acids is 1. The number of esters is 1. The van der Waals surface area contributed by atoms with Crippen molar-refractivity contribution in [1.82, 2.24) is 0 Å². The molecule has 0 amide bonds. The highest BCUT2D eigenvalue weighted by Gasteiger charge is 2.28. The smallest absolute Gasteiger partial charge is 0.348 e. The average molecular weight is 470 g/mol. The molecule has 1 aliphatic heterocycles. The Morgan fingerprint density at radius 3 is 2.45 bits per heavy atom. The molecule has 1 aromatic heterocycles. The van der Waals surface area contributed by atoms with Gasteiger partial charge in [0.05, 0.1) is 12.6 Å². The molecule has 4 nitrogen and oxygen atoms in total. The molecule has 0 atom stereocenters. The third-order valence-electron chi connectivity index (χ3n) is 5.56. The number of ether oxygens (including phenoxy) is 2. The lowest BCUT2D eigenvalue weighted by molar-refractivity contribution is 0.0479. The summed E-state index contributed by atoms with van der Waals surface area (Å²) in [5.41, 5.74) is 4.16. The number of hydrogen-bond acceptors (Lipinski definition) is 5. The lowest BCUT2D eigenvalue weighted by atomic mass is 9.85. The lowest BCUT2D eigenvalue weighted by Gasteiger charge is -2.33. The number of thiophene rings is 1. The van der Waals surface area contributed by atoms with Crippen molar-refractivity contribution in [2.45, 2.75) is 39.8 Å². The second kappa shape index (κ2) is 8.63. The first-order valence-corrected chi connectivity index (χ1v) is 11.3. The molecule has 0 saturated carbocycles. The summed E-state index contributed by atoms with van der Waals surface area (Å²) in [7, 11) is 1.41. The van der Waals surface area contributed by atoms with Crippen LogP contribution in [-0.2, 0) is 11.3 Å². The highest BCUT2D eigenvalue weighted by Crippen LogP contribution is 2.43. The normalized spacial score (nSPS) is 14.2. The molecule has 33 heavy (non-hydrogen) atoms. The molecule has 2 aromatic carbocycles. The van der Waals surface area contributed by atoms with Gasteiger partial charge in [0.25, 0.3) is 0 Å². The summed E-state index contributed by atoms with van der Waals surface area (Å²) >= 11 is 1.36. The van der Waals surface area contributed by atoms with E-state index in [1.165, 1.54) is 18.4 Å². The van der Waals surface area contributed by atoms with Crippen molar-refractivity contribution in [3.05, 3.63) is 75.0 Å². The van der Waals surface area contributed by atoms with Gasteiger partial charge in [0.2, 0.25) is 0 Å². The van der Waals surface area contributed by atoms with Crippen LogP contribution in [0.3, 0.4) is 0 Å². The van der Waals surface area contributed by atoms with Crippen molar-refractivity contribution in [2.24, 2.45) is 0 Å². The Hall–Kier alpha value is -3.19. The SMILES string of the molecule is COc1cc(F)c(F)cc1-c1ccc2c(c1COC(=O)c1ccc(C)s1)C(C)=CC(C)(C)N2.